The lowest BCUT2D eigenvalue weighted by molar-refractivity contribution is -0.157. The normalized spacial score (nSPS) is 16.7. The summed E-state index contributed by atoms with van der Waals surface area (Å²) in [7, 11) is 1.46. The Balaban J connectivity index is 1.58. The van der Waals surface area contributed by atoms with Gasteiger partial charge in [0.15, 0.2) is 23.2 Å². The fraction of sp³-hybridized carbons (Fsp3) is 0.450. The molecule has 1 aliphatic heterocycles. The van der Waals surface area contributed by atoms with Gasteiger partial charge in [-0.3, -0.25) is 24.0 Å². The lowest BCUT2D eigenvalue weighted by atomic mass is 9.97. The van der Waals surface area contributed by atoms with Gasteiger partial charge < -0.3 is 35.5 Å². The summed E-state index contributed by atoms with van der Waals surface area (Å²) in [4.78, 5) is 74.0. The highest BCUT2D eigenvalue weighted by molar-refractivity contribution is 6.02. The molecule has 2 aliphatic rings. The number of para-hydroxylation sites is 1. The van der Waals surface area contributed by atoms with E-state index in [9.17, 15) is 32.8 Å². The average molecular weight is 766 g/mol. The van der Waals surface area contributed by atoms with Gasteiger partial charge in [-0.15, -0.1) is 0 Å². The number of methoxy groups -OCH3 is 1. The van der Waals surface area contributed by atoms with Crippen molar-refractivity contribution in [1.29, 1.82) is 0 Å². The van der Waals surface area contributed by atoms with Gasteiger partial charge in [0.05, 0.1) is 12.3 Å². The molecule has 13 nitrogen and oxygen atoms in total. The second kappa shape index (κ2) is 19.8. The molecule has 4 rings (SSSR count). The van der Waals surface area contributed by atoms with E-state index in [0.717, 1.165) is 23.8 Å². The van der Waals surface area contributed by atoms with Gasteiger partial charge in [-0.1, -0.05) is 42.5 Å². The molecule has 1 aliphatic carbocycles. The van der Waals surface area contributed by atoms with Crippen molar-refractivity contribution in [3.8, 4) is 5.75 Å². The van der Waals surface area contributed by atoms with Crippen molar-refractivity contribution in [3.63, 3.8) is 0 Å². The van der Waals surface area contributed by atoms with Crippen molar-refractivity contribution in [2.45, 2.75) is 89.4 Å². The van der Waals surface area contributed by atoms with Gasteiger partial charge in [0.2, 0.25) is 11.8 Å². The SMILES string of the molecule is COC/N=C(/N)CC[C@H](NC(=O)c1cccc2c1C=CCC=C2)C(=O)N1CCCC[C@H]1C(=O)N[C@@H](CC(=O)OC(C)(C)C)C(=O)COc1c(F)cccc1F. The van der Waals surface area contributed by atoms with E-state index in [1.165, 1.54) is 12.0 Å². The van der Waals surface area contributed by atoms with E-state index in [-0.39, 0.29) is 38.4 Å². The number of ketones is 1. The first kappa shape index (κ1) is 42.3. The molecule has 3 amide bonds. The molecule has 15 heteroatoms. The predicted octanol–water partition coefficient (Wildman–Crippen LogP) is 4.48. The van der Waals surface area contributed by atoms with Crippen LogP contribution < -0.4 is 21.1 Å². The number of esters is 1. The Kier molecular flexibility index (Phi) is 15.2. The van der Waals surface area contributed by atoms with Crippen molar-refractivity contribution in [3.05, 3.63) is 76.9 Å². The van der Waals surface area contributed by atoms with Gasteiger partial charge in [-0.25, -0.2) is 13.8 Å². The molecular formula is C40H49F2N5O8. The van der Waals surface area contributed by atoms with Crippen LogP contribution in [0.1, 0.15) is 87.2 Å². The summed E-state index contributed by atoms with van der Waals surface area (Å²) in [6, 6.07) is 4.58. The van der Waals surface area contributed by atoms with Crippen molar-refractivity contribution < 1.29 is 47.0 Å². The Labute approximate surface area is 319 Å². The number of carbonyl (C=O) groups is 5. The number of allylic oxidation sites excluding steroid dienone is 2. The Morgan fingerprint density at radius 3 is 2.40 bits per heavy atom. The second-order valence-corrected chi connectivity index (χ2v) is 14.2. The van der Waals surface area contributed by atoms with Gasteiger partial charge in [-0.2, -0.15) is 0 Å². The van der Waals surface area contributed by atoms with E-state index in [4.69, 9.17) is 19.9 Å². The van der Waals surface area contributed by atoms with E-state index in [0.29, 0.717) is 30.4 Å². The van der Waals surface area contributed by atoms with Crippen LogP contribution in [-0.4, -0.2) is 90.9 Å². The van der Waals surface area contributed by atoms with Crippen molar-refractivity contribution in [1.82, 2.24) is 15.5 Å². The molecule has 55 heavy (non-hydrogen) atoms. The number of benzene rings is 2. The number of nitrogens with one attached hydrogen (secondary N) is 2. The molecule has 0 spiro atoms. The van der Waals surface area contributed by atoms with Gasteiger partial charge in [-0.05, 0) is 82.2 Å². The number of rotatable bonds is 16. The van der Waals surface area contributed by atoms with Crippen LogP contribution in [0.15, 0.2) is 53.5 Å². The van der Waals surface area contributed by atoms with E-state index in [2.05, 4.69) is 15.6 Å². The molecule has 2 aromatic rings. The molecule has 1 heterocycles. The molecule has 1 saturated heterocycles. The summed E-state index contributed by atoms with van der Waals surface area (Å²) >= 11 is 0. The number of likely N-dealkylation sites (tertiary alicyclic amines) is 1. The molecule has 0 saturated carbocycles. The number of fused-ring (bicyclic) bond motifs is 1. The molecule has 0 aromatic heterocycles. The highest BCUT2D eigenvalue weighted by atomic mass is 19.1. The first-order chi connectivity index (χ1) is 26.2. The van der Waals surface area contributed by atoms with E-state index in [1.54, 1.807) is 32.9 Å². The zero-order valence-electron chi connectivity index (χ0n) is 31.6. The number of nitrogens with two attached hydrogens (primary N) is 1. The van der Waals surface area contributed by atoms with Gasteiger partial charge in [0, 0.05) is 25.6 Å². The van der Waals surface area contributed by atoms with Crippen molar-refractivity contribution >= 4 is 47.5 Å². The maximum absolute atomic E-state index is 14.4. The number of nitrogens with zero attached hydrogens (tertiary/aromatic N) is 2. The van der Waals surface area contributed by atoms with Crippen molar-refractivity contribution in [2.75, 3.05) is 27.0 Å². The van der Waals surface area contributed by atoms with Crippen molar-refractivity contribution in [2.24, 2.45) is 10.7 Å². The summed E-state index contributed by atoms with van der Waals surface area (Å²) in [5, 5.41) is 5.43. The summed E-state index contributed by atoms with van der Waals surface area (Å²) < 4.78 is 44.0. The minimum absolute atomic E-state index is 0.00460. The third kappa shape index (κ3) is 12.3. The first-order valence-electron chi connectivity index (χ1n) is 18.2. The summed E-state index contributed by atoms with van der Waals surface area (Å²) in [6.07, 6.45) is 9.25. The van der Waals surface area contributed by atoms with Crippen LogP contribution >= 0.6 is 0 Å². The second-order valence-electron chi connectivity index (χ2n) is 14.2. The number of Topliss-reactive ketones (excluding diaryl/α,β-unsaturated/α-hetero) is 1. The standard InChI is InChI=1S/C40H49F2N5O8/c1-40(2,3)55-35(49)22-31(33(48)23-54-36-28(41)16-11-17-29(36)42)46-38(51)32-18-8-9-21-47(32)39(52)30(19-20-34(43)44-24-53-4)45-37(50)27-15-10-13-25-12-6-5-7-14-26(25)27/h6-7,10-17,30-32H,5,8-9,18-24H2,1-4H3,(H2,43,44)(H,45,50)(H,46,51)/t30-,31-,32-/m0/s1. The molecule has 296 valence electrons. The molecular weight excluding hydrogens is 716 g/mol. The van der Waals surface area contributed by atoms with E-state index >= 15 is 0 Å². The van der Waals surface area contributed by atoms with Crippen LogP contribution in [0.2, 0.25) is 0 Å². The summed E-state index contributed by atoms with van der Waals surface area (Å²) in [6.45, 7) is 4.17. The topological polar surface area (TPSA) is 179 Å². The van der Waals surface area contributed by atoms with Gasteiger partial charge in [0.1, 0.15) is 37.1 Å². The van der Waals surface area contributed by atoms with Crippen LogP contribution in [-0.2, 0) is 28.7 Å². The van der Waals surface area contributed by atoms with E-state index < -0.39 is 83.6 Å². The fourth-order valence-electron chi connectivity index (χ4n) is 6.18. The molecule has 3 atom stereocenters. The summed E-state index contributed by atoms with van der Waals surface area (Å²) in [5.41, 5.74) is 7.05. The average Bonchev–Trinajstić information content (AvgIpc) is 3.39. The van der Waals surface area contributed by atoms with Crippen LogP contribution in [0, 0.1) is 11.6 Å². The van der Waals surface area contributed by atoms with E-state index in [1.807, 2.05) is 30.4 Å². The molecule has 1 fully saturated rings. The van der Waals surface area contributed by atoms with Crippen LogP contribution in [0.3, 0.4) is 0 Å². The van der Waals surface area contributed by atoms with Gasteiger partial charge in [0.25, 0.3) is 5.91 Å². The molecule has 0 unspecified atom stereocenters. The number of carbonyl (C=O) groups excluding carboxylic acids is 5. The largest absolute Gasteiger partial charge is 0.480 e. The number of amides is 3. The van der Waals surface area contributed by atoms with Crippen LogP contribution in [0.5, 0.6) is 5.75 Å². The van der Waals surface area contributed by atoms with Crippen LogP contribution in [0.4, 0.5) is 8.78 Å². The Hall–Kier alpha value is -5.44. The molecule has 4 N–H and O–H groups in total. The highest BCUT2D eigenvalue weighted by Crippen LogP contribution is 2.24. The molecule has 0 radical (unpaired) electrons. The van der Waals surface area contributed by atoms with Gasteiger partial charge >= 0.3 is 5.97 Å². The number of ether oxygens (including phenoxy) is 3. The lowest BCUT2D eigenvalue weighted by Crippen LogP contribution is -2.59. The lowest BCUT2D eigenvalue weighted by Gasteiger charge is -2.37. The fourth-order valence-corrected chi connectivity index (χ4v) is 6.18. The quantitative estimate of drug-likeness (QED) is 0.126. The zero-order valence-corrected chi connectivity index (χ0v) is 31.6. The number of piperidine rings is 1. The minimum Gasteiger partial charge on any atom is -0.480 e. The highest BCUT2D eigenvalue weighted by Gasteiger charge is 2.38. The third-order valence-corrected chi connectivity index (χ3v) is 8.79. The minimum atomic E-state index is -1.53. The summed E-state index contributed by atoms with van der Waals surface area (Å²) in [5.74, 6) is -6.16. The Morgan fingerprint density at radius 1 is 0.982 bits per heavy atom. The number of hydrogen-bond acceptors (Lipinski definition) is 9. The number of hydrogen-bond donors (Lipinski definition) is 3. The number of amidine groups is 1. The number of halogens is 2. The molecule has 0 bridgehead atoms. The predicted molar refractivity (Wildman–Crippen MR) is 202 cm³/mol. The monoisotopic (exact) mass is 765 g/mol. The zero-order chi connectivity index (χ0) is 40.1. The maximum Gasteiger partial charge on any atom is 0.308 e. The smallest absolute Gasteiger partial charge is 0.308 e. The van der Waals surface area contributed by atoms with Crippen LogP contribution in [0.25, 0.3) is 12.2 Å². The number of aliphatic imine (C=N–C) groups is 1. The Bertz CT molecular complexity index is 1800. The first-order valence-corrected chi connectivity index (χ1v) is 18.2. The Morgan fingerprint density at radius 2 is 1.69 bits per heavy atom. The molecule has 2 aromatic carbocycles. The third-order valence-electron chi connectivity index (χ3n) is 8.79. The maximum atomic E-state index is 14.4.